The van der Waals surface area contributed by atoms with Crippen LogP contribution in [0.4, 0.5) is 0 Å². The number of hydrogen-bond acceptors (Lipinski definition) is 4. The molecule has 1 aromatic carbocycles. The van der Waals surface area contributed by atoms with Gasteiger partial charge in [-0.15, -0.1) is 0 Å². The Kier molecular flexibility index (Phi) is 6.54. The molecule has 0 amide bonds. The molecule has 1 aromatic rings. The van der Waals surface area contributed by atoms with E-state index in [4.69, 9.17) is 0 Å². The Morgan fingerprint density at radius 2 is 2.10 bits per heavy atom. The Bertz CT molecular complexity index is 542. The second kappa shape index (κ2) is 8.17. The van der Waals surface area contributed by atoms with Gasteiger partial charge >= 0.3 is 0 Å². The first-order valence-corrected chi connectivity index (χ1v) is 10.3. The molecule has 0 atom stereocenters. The van der Waals surface area contributed by atoms with Crippen LogP contribution >= 0.6 is 11.8 Å². The summed E-state index contributed by atoms with van der Waals surface area (Å²) in [4.78, 5) is 0.363. The molecule has 2 rings (SSSR count). The van der Waals surface area contributed by atoms with Crippen LogP contribution in [0, 0.1) is 0 Å². The predicted octanol–water partition coefficient (Wildman–Crippen LogP) is 2.36. The van der Waals surface area contributed by atoms with E-state index in [1.165, 1.54) is 12.8 Å². The van der Waals surface area contributed by atoms with E-state index >= 15 is 0 Å². The van der Waals surface area contributed by atoms with Crippen LogP contribution in [-0.2, 0) is 16.6 Å². The van der Waals surface area contributed by atoms with Crippen molar-refractivity contribution < 1.29 is 8.42 Å². The Morgan fingerprint density at radius 1 is 1.29 bits per heavy atom. The highest BCUT2D eigenvalue weighted by Crippen LogP contribution is 2.20. The molecule has 0 saturated heterocycles. The standard InChI is InChI=1S/C15H24N2O2S2/c1-20-10-3-2-9-17-21(18,19)15-6-4-5-13(11-15)12-16-14-7-8-14/h4-6,11,14,16-17H,2-3,7-10,12H2,1H3. The Balaban J connectivity index is 1.87. The number of thioether (sulfide) groups is 1. The fourth-order valence-corrected chi connectivity index (χ4v) is 3.67. The van der Waals surface area contributed by atoms with Gasteiger partial charge in [-0.2, -0.15) is 11.8 Å². The fourth-order valence-electron chi connectivity index (χ4n) is 2.03. The van der Waals surface area contributed by atoms with E-state index in [1.54, 1.807) is 23.9 Å². The third kappa shape index (κ3) is 5.98. The van der Waals surface area contributed by atoms with Gasteiger partial charge in [-0.1, -0.05) is 12.1 Å². The van der Waals surface area contributed by atoms with E-state index < -0.39 is 10.0 Å². The molecule has 0 aromatic heterocycles. The van der Waals surface area contributed by atoms with E-state index in [0.717, 1.165) is 30.7 Å². The highest BCUT2D eigenvalue weighted by atomic mass is 32.2. The van der Waals surface area contributed by atoms with Gasteiger partial charge in [0.25, 0.3) is 0 Å². The van der Waals surface area contributed by atoms with E-state index in [2.05, 4.69) is 16.3 Å². The maximum Gasteiger partial charge on any atom is 0.240 e. The minimum atomic E-state index is -3.38. The Hall–Kier alpha value is -0.560. The quantitative estimate of drug-likeness (QED) is 0.647. The van der Waals surface area contributed by atoms with Crippen molar-refractivity contribution in [2.45, 2.75) is 43.2 Å². The lowest BCUT2D eigenvalue weighted by Gasteiger charge is -2.09. The average molecular weight is 329 g/mol. The first kappa shape index (κ1) is 16.8. The molecule has 1 saturated carbocycles. The minimum Gasteiger partial charge on any atom is -0.310 e. The summed E-state index contributed by atoms with van der Waals surface area (Å²) in [6.07, 6.45) is 6.44. The molecule has 6 heteroatoms. The molecule has 0 bridgehead atoms. The molecule has 4 nitrogen and oxygen atoms in total. The van der Waals surface area contributed by atoms with E-state index in [1.807, 2.05) is 12.1 Å². The van der Waals surface area contributed by atoms with Gasteiger partial charge in [0.1, 0.15) is 0 Å². The zero-order valence-corrected chi connectivity index (χ0v) is 14.1. The average Bonchev–Trinajstić information content (AvgIpc) is 3.29. The van der Waals surface area contributed by atoms with Crippen molar-refractivity contribution in [2.24, 2.45) is 0 Å². The van der Waals surface area contributed by atoms with E-state index in [9.17, 15) is 8.42 Å². The largest absolute Gasteiger partial charge is 0.310 e. The lowest BCUT2D eigenvalue weighted by atomic mass is 10.2. The summed E-state index contributed by atoms with van der Waals surface area (Å²) in [5.74, 6) is 1.07. The van der Waals surface area contributed by atoms with Crippen LogP contribution in [-0.4, -0.2) is 33.0 Å². The van der Waals surface area contributed by atoms with Crippen LogP contribution in [0.1, 0.15) is 31.2 Å². The molecular weight excluding hydrogens is 304 g/mol. The topological polar surface area (TPSA) is 58.2 Å². The van der Waals surface area contributed by atoms with Gasteiger partial charge in [-0.3, -0.25) is 0 Å². The monoisotopic (exact) mass is 328 g/mol. The molecular formula is C15H24N2O2S2. The van der Waals surface area contributed by atoms with Crippen LogP contribution in [0.15, 0.2) is 29.2 Å². The maximum absolute atomic E-state index is 12.2. The SMILES string of the molecule is CSCCCCNS(=O)(=O)c1cccc(CNC2CC2)c1. The van der Waals surface area contributed by atoms with Gasteiger partial charge < -0.3 is 5.32 Å². The molecule has 0 aliphatic heterocycles. The molecule has 2 N–H and O–H groups in total. The van der Waals surface area contributed by atoms with Crippen molar-refractivity contribution in [2.75, 3.05) is 18.6 Å². The normalized spacial score (nSPS) is 15.3. The third-order valence-electron chi connectivity index (χ3n) is 3.45. The molecule has 21 heavy (non-hydrogen) atoms. The van der Waals surface area contributed by atoms with Crippen LogP contribution in [0.25, 0.3) is 0 Å². The van der Waals surface area contributed by atoms with Crippen molar-refractivity contribution in [3.8, 4) is 0 Å². The lowest BCUT2D eigenvalue weighted by Crippen LogP contribution is -2.25. The fraction of sp³-hybridized carbons (Fsp3) is 0.600. The van der Waals surface area contributed by atoms with Crippen LogP contribution in [0.2, 0.25) is 0 Å². The van der Waals surface area contributed by atoms with Crippen molar-refractivity contribution in [3.05, 3.63) is 29.8 Å². The summed E-state index contributed by atoms with van der Waals surface area (Å²) in [7, 11) is -3.38. The number of sulfonamides is 1. The molecule has 1 aliphatic rings. The zero-order chi connectivity index (χ0) is 15.1. The predicted molar refractivity (Wildman–Crippen MR) is 89.1 cm³/mol. The molecule has 0 spiro atoms. The van der Waals surface area contributed by atoms with Gasteiger partial charge in [-0.25, -0.2) is 13.1 Å². The molecule has 0 heterocycles. The highest BCUT2D eigenvalue weighted by Gasteiger charge is 2.20. The Labute approximate surface area is 132 Å². The maximum atomic E-state index is 12.2. The van der Waals surface area contributed by atoms with Gasteiger partial charge in [0.05, 0.1) is 4.90 Å². The van der Waals surface area contributed by atoms with Crippen molar-refractivity contribution in [1.29, 1.82) is 0 Å². The van der Waals surface area contributed by atoms with Crippen molar-refractivity contribution >= 4 is 21.8 Å². The highest BCUT2D eigenvalue weighted by molar-refractivity contribution is 7.98. The molecule has 1 fully saturated rings. The summed E-state index contributed by atoms with van der Waals surface area (Å²) < 4.78 is 27.1. The number of hydrogen-bond donors (Lipinski definition) is 2. The third-order valence-corrected chi connectivity index (χ3v) is 5.60. The van der Waals surface area contributed by atoms with Crippen LogP contribution in [0.5, 0.6) is 0 Å². The van der Waals surface area contributed by atoms with Gasteiger partial charge in [-0.05, 0) is 55.4 Å². The minimum absolute atomic E-state index is 0.363. The summed E-state index contributed by atoms with van der Waals surface area (Å²) in [5.41, 5.74) is 1.02. The summed E-state index contributed by atoms with van der Waals surface area (Å²) in [6.45, 7) is 1.25. The second-order valence-electron chi connectivity index (χ2n) is 5.40. The van der Waals surface area contributed by atoms with Crippen molar-refractivity contribution in [1.82, 2.24) is 10.0 Å². The molecule has 0 radical (unpaired) electrons. The van der Waals surface area contributed by atoms with Gasteiger partial charge in [0, 0.05) is 19.1 Å². The number of nitrogens with one attached hydrogen (secondary N) is 2. The van der Waals surface area contributed by atoms with Gasteiger partial charge in [0.15, 0.2) is 0 Å². The molecule has 118 valence electrons. The lowest BCUT2D eigenvalue weighted by molar-refractivity contribution is 0.578. The smallest absolute Gasteiger partial charge is 0.240 e. The van der Waals surface area contributed by atoms with Gasteiger partial charge in [0.2, 0.25) is 10.0 Å². The van der Waals surface area contributed by atoms with Crippen LogP contribution in [0.3, 0.4) is 0 Å². The second-order valence-corrected chi connectivity index (χ2v) is 8.15. The molecule has 0 unspecified atom stereocenters. The first-order chi connectivity index (χ1) is 10.1. The number of unbranched alkanes of at least 4 members (excludes halogenated alkanes) is 1. The zero-order valence-electron chi connectivity index (χ0n) is 12.5. The molecule has 1 aliphatic carbocycles. The number of benzene rings is 1. The van der Waals surface area contributed by atoms with E-state index in [-0.39, 0.29) is 0 Å². The summed E-state index contributed by atoms with van der Waals surface area (Å²) >= 11 is 1.79. The van der Waals surface area contributed by atoms with Crippen LogP contribution < -0.4 is 10.0 Å². The first-order valence-electron chi connectivity index (χ1n) is 7.43. The van der Waals surface area contributed by atoms with E-state index in [0.29, 0.717) is 17.5 Å². The number of rotatable bonds is 10. The Morgan fingerprint density at radius 3 is 2.81 bits per heavy atom. The van der Waals surface area contributed by atoms with Crippen molar-refractivity contribution in [3.63, 3.8) is 0 Å². The summed E-state index contributed by atoms with van der Waals surface area (Å²) in [5, 5.41) is 3.40. The summed E-state index contributed by atoms with van der Waals surface area (Å²) in [6, 6.07) is 7.82.